The lowest BCUT2D eigenvalue weighted by atomic mass is 9.84. The van der Waals surface area contributed by atoms with Crippen molar-refractivity contribution in [3.05, 3.63) is 104 Å². The molecule has 4 atom stereocenters. The van der Waals surface area contributed by atoms with E-state index in [-0.39, 0.29) is 43.1 Å². The van der Waals surface area contributed by atoms with Crippen molar-refractivity contribution >= 4 is 40.6 Å². The van der Waals surface area contributed by atoms with Gasteiger partial charge in [-0.05, 0) is 42.2 Å². The summed E-state index contributed by atoms with van der Waals surface area (Å²) in [5.74, 6) is -0.226. The summed E-state index contributed by atoms with van der Waals surface area (Å²) in [4.78, 5) is 51.2. The van der Waals surface area contributed by atoms with E-state index in [2.05, 4.69) is 34.4 Å². The third-order valence-electron chi connectivity index (χ3n) is 8.43. The molecule has 4 rings (SSSR count). The molecular formula is C38H49N5O5S2. The van der Waals surface area contributed by atoms with Crippen LogP contribution in [0.25, 0.3) is 0 Å². The molecule has 0 aliphatic rings. The molecular weight excluding hydrogens is 671 g/mol. The van der Waals surface area contributed by atoms with E-state index in [0.717, 1.165) is 26.7 Å². The zero-order chi connectivity index (χ0) is 36.0. The largest absolute Gasteiger partial charge is 0.444 e. The van der Waals surface area contributed by atoms with Crippen LogP contribution < -0.4 is 10.6 Å². The van der Waals surface area contributed by atoms with Crippen molar-refractivity contribution in [2.24, 2.45) is 11.8 Å². The third kappa shape index (κ3) is 12.3. The highest BCUT2D eigenvalue weighted by molar-refractivity contribution is 7.09. The molecule has 0 bridgehead atoms. The number of nitrogens with zero attached hydrogens (tertiary/aromatic N) is 3. The number of hydrogen-bond donors (Lipinski definition) is 3. The molecule has 2 heterocycles. The number of aromatic nitrogens is 2. The SMILES string of the molecule is CC(C)c1nc(CN(C)C(=O)NC(C(=O)CC(Cc2ccccc2)C[C@H](O)[C@H](Cc2ccccc2)NC(=O)OCc2cncs2)C(C)C)cs1. The number of rotatable bonds is 18. The predicted molar refractivity (Wildman–Crippen MR) is 198 cm³/mol. The summed E-state index contributed by atoms with van der Waals surface area (Å²) in [7, 11) is 1.70. The van der Waals surface area contributed by atoms with E-state index in [0.29, 0.717) is 25.3 Å². The van der Waals surface area contributed by atoms with E-state index >= 15 is 0 Å². The van der Waals surface area contributed by atoms with E-state index < -0.39 is 24.3 Å². The Morgan fingerprint density at radius 1 is 0.920 bits per heavy atom. The predicted octanol–water partition coefficient (Wildman–Crippen LogP) is 7.00. The van der Waals surface area contributed by atoms with E-state index in [1.807, 2.05) is 79.9 Å². The maximum atomic E-state index is 14.0. The van der Waals surface area contributed by atoms with E-state index in [1.165, 1.54) is 11.3 Å². The highest BCUT2D eigenvalue weighted by Crippen LogP contribution is 2.24. The van der Waals surface area contributed by atoms with Gasteiger partial charge in [0.25, 0.3) is 0 Å². The quantitative estimate of drug-likeness (QED) is 0.101. The first kappa shape index (κ1) is 38.7. The number of Topliss-reactive ketones (excluding diaryl/α,β-unsaturated/α-hetero) is 1. The van der Waals surface area contributed by atoms with Gasteiger partial charge in [-0.25, -0.2) is 14.6 Å². The van der Waals surface area contributed by atoms with Crippen LogP contribution in [-0.4, -0.2) is 63.1 Å². The minimum absolute atomic E-state index is 0.0794. The zero-order valence-corrected chi connectivity index (χ0v) is 31.1. The summed E-state index contributed by atoms with van der Waals surface area (Å²) >= 11 is 2.97. The Labute approximate surface area is 303 Å². The number of nitrogens with one attached hydrogen (secondary N) is 2. The molecule has 12 heteroatoms. The van der Waals surface area contributed by atoms with Crippen LogP contribution in [-0.2, 0) is 35.5 Å². The van der Waals surface area contributed by atoms with Crippen LogP contribution in [0.2, 0.25) is 0 Å². The van der Waals surface area contributed by atoms with Crippen molar-refractivity contribution in [2.45, 2.75) is 90.6 Å². The Morgan fingerprint density at radius 3 is 2.16 bits per heavy atom. The summed E-state index contributed by atoms with van der Waals surface area (Å²) in [6.45, 7) is 8.41. The van der Waals surface area contributed by atoms with E-state index in [9.17, 15) is 19.5 Å². The maximum absolute atomic E-state index is 14.0. The average Bonchev–Trinajstić information content (AvgIpc) is 3.79. The molecule has 3 amide bonds. The number of thiazole rings is 2. The highest BCUT2D eigenvalue weighted by Gasteiger charge is 2.31. The topological polar surface area (TPSA) is 134 Å². The summed E-state index contributed by atoms with van der Waals surface area (Å²) in [5, 5.41) is 20.5. The molecule has 0 saturated heterocycles. The van der Waals surface area contributed by atoms with Crippen LogP contribution in [0.4, 0.5) is 9.59 Å². The van der Waals surface area contributed by atoms with Crippen molar-refractivity contribution in [2.75, 3.05) is 7.05 Å². The van der Waals surface area contributed by atoms with Gasteiger partial charge < -0.3 is 25.4 Å². The van der Waals surface area contributed by atoms with Gasteiger partial charge in [-0.2, -0.15) is 0 Å². The van der Waals surface area contributed by atoms with Gasteiger partial charge in [-0.15, -0.1) is 22.7 Å². The van der Waals surface area contributed by atoms with Gasteiger partial charge in [-0.1, -0.05) is 88.4 Å². The molecule has 0 aliphatic heterocycles. The number of aliphatic hydroxyl groups excluding tert-OH is 1. The average molecular weight is 720 g/mol. The van der Waals surface area contributed by atoms with Gasteiger partial charge in [0.15, 0.2) is 5.78 Å². The van der Waals surface area contributed by atoms with Crippen LogP contribution in [0.1, 0.15) is 73.2 Å². The Bertz CT molecular complexity index is 1610. The van der Waals surface area contributed by atoms with Gasteiger partial charge in [-0.3, -0.25) is 9.78 Å². The number of carbonyl (C=O) groups excluding carboxylic acids is 3. The second-order valence-electron chi connectivity index (χ2n) is 13.4. The fraction of sp³-hybridized carbons (Fsp3) is 0.447. The van der Waals surface area contributed by atoms with Crippen LogP contribution in [0.5, 0.6) is 0 Å². The standard InChI is InChI=1S/C38H49N5O5S2/c1-25(2)35(42-37(46)43(5)21-30-23-49-36(40-30)26(3)4)34(45)19-29(16-27-12-8-6-9-13-27)18-33(44)32(17-28-14-10-7-11-15-28)41-38(47)48-22-31-20-39-24-50-31/h6-15,20,23-26,29,32-33,35,44H,16-19,21-22H2,1-5H3,(H,41,47)(H,42,46)/t29?,32-,33-,35?/m0/s1. The monoisotopic (exact) mass is 719 g/mol. The van der Waals surface area contributed by atoms with Crippen molar-refractivity contribution < 1.29 is 24.2 Å². The first-order valence-corrected chi connectivity index (χ1v) is 18.8. The summed E-state index contributed by atoms with van der Waals surface area (Å²) in [6, 6.07) is 17.7. The van der Waals surface area contributed by atoms with Gasteiger partial charge in [0.2, 0.25) is 0 Å². The molecule has 3 N–H and O–H groups in total. The molecule has 268 valence electrons. The lowest BCUT2D eigenvalue weighted by Crippen LogP contribution is -2.49. The summed E-state index contributed by atoms with van der Waals surface area (Å²) in [6.07, 6.45) is 1.31. The number of amides is 3. The molecule has 10 nitrogen and oxygen atoms in total. The molecule has 0 aliphatic carbocycles. The Balaban J connectivity index is 1.46. The van der Waals surface area contributed by atoms with Gasteiger partial charge >= 0.3 is 12.1 Å². The molecule has 50 heavy (non-hydrogen) atoms. The van der Waals surface area contributed by atoms with Crippen molar-refractivity contribution in [3.8, 4) is 0 Å². The molecule has 2 aromatic carbocycles. The number of alkyl carbamates (subject to hydrolysis) is 1. The highest BCUT2D eigenvalue weighted by atomic mass is 32.1. The lowest BCUT2D eigenvalue weighted by molar-refractivity contribution is -0.123. The van der Waals surface area contributed by atoms with Gasteiger partial charge in [0.05, 0.1) is 45.8 Å². The number of ether oxygens (including phenoxy) is 1. The minimum Gasteiger partial charge on any atom is -0.444 e. The minimum atomic E-state index is -0.986. The Kier molecular flexibility index (Phi) is 14.9. The normalized spacial score (nSPS) is 13.8. The fourth-order valence-electron chi connectivity index (χ4n) is 5.74. The molecule has 0 radical (unpaired) electrons. The van der Waals surface area contributed by atoms with E-state index in [1.54, 1.807) is 35.0 Å². The smallest absolute Gasteiger partial charge is 0.407 e. The Hall–Kier alpha value is -4.13. The molecule has 0 spiro atoms. The van der Waals surface area contributed by atoms with Crippen molar-refractivity contribution in [3.63, 3.8) is 0 Å². The van der Waals surface area contributed by atoms with Crippen molar-refractivity contribution in [1.82, 2.24) is 25.5 Å². The van der Waals surface area contributed by atoms with Crippen LogP contribution >= 0.6 is 22.7 Å². The maximum Gasteiger partial charge on any atom is 0.407 e. The van der Waals surface area contributed by atoms with Crippen LogP contribution in [0.15, 0.2) is 77.8 Å². The zero-order valence-electron chi connectivity index (χ0n) is 29.5. The summed E-state index contributed by atoms with van der Waals surface area (Å²) < 4.78 is 5.44. The number of ketones is 1. The van der Waals surface area contributed by atoms with Crippen LogP contribution in [0, 0.1) is 11.8 Å². The second kappa shape index (κ2) is 19.3. The van der Waals surface area contributed by atoms with Gasteiger partial charge in [0.1, 0.15) is 6.61 Å². The number of aliphatic hydroxyl groups is 1. The van der Waals surface area contributed by atoms with Crippen molar-refractivity contribution in [1.29, 1.82) is 0 Å². The number of benzene rings is 2. The fourth-order valence-corrected chi connectivity index (χ4v) is 7.07. The first-order valence-electron chi connectivity index (χ1n) is 17.0. The summed E-state index contributed by atoms with van der Waals surface area (Å²) in [5.41, 5.74) is 4.46. The third-order valence-corrected chi connectivity index (χ3v) is 10.4. The Morgan fingerprint density at radius 2 is 1.58 bits per heavy atom. The second-order valence-corrected chi connectivity index (χ2v) is 15.2. The molecule has 0 fully saturated rings. The number of carbonyl (C=O) groups is 3. The number of urea groups is 1. The van der Waals surface area contributed by atoms with E-state index in [4.69, 9.17) is 4.74 Å². The molecule has 2 aromatic heterocycles. The first-order chi connectivity index (χ1) is 24.0. The molecule has 2 unspecified atom stereocenters. The molecule has 0 saturated carbocycles. The van der Waals surface area contributed by atoms with Crippen LogP contribution in [0.3, 0.4) is 0 Å². The van der Waals surface area contributed by atoms with Gasteiger partial charge in [0, 0.05) is 31.0 Å². The molecule has 4 aromatic rings. The lowest BCUT2D eigenvalue weighted by Gasteiger charge is -2.29. The number of hydrogen-bond acceptors (Lipinski definition) is 9.